The SMILES string of the molecule is CCn1nnc(C)c1CC(C)(C)C. The van der Waals surface area contributed by atoms with E-state index in [2.05, 4.69) is 38.0 Å². The van der Waals surface area contributed by atoms with Crippen LogP contribution >= 0.6 is 0 Å². The van der Waals surface area contributed by atoms with E-state index in [9.17, 15) is 0 Å². The zero-order chi connectivity index (χ0) is 10.1. The molecule has 3 nitrogen and oxygen atoms in total. The third kappa shape index (κ3) is 2.54. The summed E-state index contributed by atoms with van der Waals surface area (Å²) in [6, 6.07) is 0. The van der Waals surface area contributed by atoms with Crippen molar-refractivity contribution in [1.29, 1.82) is 0 Å². The fourth-order valence-corrected chi connectivity index (χ4v) is 1.40. The molecule has 13 heavy (non-hydrogen) atoms. The number of hydrogen-bond donors (Lipinski definition) is 0. The summed E-state index contributed by atoms with van der Waals surface area (Å²) in [7, 11) is 0. The van der Waals surface area contributed by atoms with Crippen molar-refractivity contribution in [3.8, 4) is 0 Å². The predicted octanol–water partition coefficient (Wildman–Crippen LogP) is 2.20. The Hall–Kier alpha value is -0.860. The summed E-state index contributed by atoms with van der Waals surface area (Å²) in [5.74, 6) is 0. The Bertz CT molecular complexity index is 281. The summed E-state index contributed by atoms with van der Waals surface area (Å²) in [4.78, 5) is 0. The van der Waals surface area contributed by atoms with Crippen LogP contribution in [-0.2, 0) is 13.0 Å². The van der Waals surface area contributed by atoms with Gasteiger partial charge in [0.25, 0.3) is 0 Å². The van der Waals surface area contributed by atoms with Gasteiger partial charge in [0.1, 0.15) is 0 Å². The topological polar surface area (TPSA) is 30.7 Å². The van der Waals surface area contributed by atoms with Gasteiger partial charge in [0.2, 0.25) is 0 Å². The first-order valence-electron chi connectivity index (χ1n) is 4.83. The molecule has 1 rings (SSSR count). The van der Waals surface area contributed by atoms with Crippen LogP contribution in [0, 0.1) is 12.3 Å². The van der Waals surface area contributed by atoms with Crippen molar-refractivity contribution in [2.45, 2.75) is 47.6 Å². The molecule has 0 aliphatic carbocycles. The van der Waals surface area contributed by atoms with Gasteiger partial charge in [0, 0.05) is 6.54 Å². The minimum Gasteiger partial charge on any atom is -0.249 e. The molecular weight excluding hydrogens is 162 g/mol. The van der Waals surface area contributed by atoms with Crippen molar-refractivity contribution in [2.75, 3.05) is 0 Å². The Morgan fingerprint density at radius 3 is 2.38 bits per heavy atom. The van der Waals surface area contributed by atoms with E-state index < -0.39 is 0 Å². The van der Waals surface area contributed by atoms with Crippen LogP contribution < -0.4 is 0 Å². The van der Waals surface area contributed by atoms with E-state index in [-0.39, 0.29) is 0 Å². The van der Waals surface area contributed by atoms with Crippen molar-refractivity contribution in [3.05, 3.63) is 11.4 Å². The first-order valence-corrected chi connectivity index (χ1v) is 4.83. The molecular formula is C10H19N3. The van der Waals surface area contributed by atoms with Crippen molar-refractivity contribution < 1.29 is 0 Å². The highest BCUT2D eigenvalue weighted by molar-refractivity contribution is 5.09. The molecule has 1 heterocycles. The molecule has 0 saturated heterocycles. The summed E-state index contributed by atoms with van der Waals surface area (Å²) >= 11 is 0. The van der Waals surface area contributed by atoms with Crippen LogP contribution in [0.15, 0.2) is 0 Å². The quantitative estimate of drug-likeness (QED) is 0.700. The van der Waals surface area contributed by atoms with Gasteiger partial charge in [-0.2, -0.15) is 0 Å². The normalized spacial score (nSPS) is 12.1. The summed E-state index contributed by atoms with van der Waals surface area (Å²) in [6.07, 6.45) is 1.04. The fraction of sp³-hybridized carbons (Fsp3) is 0.800. The second-order valence-electron chi connectivity index (χ2n) is 4.67. The minimum absolute atomic E-state index is 0.305. The highest BCUT2D eigenvalue weighted by Gasteiger charge is 2.17. The van der Waals surface area contributed by atoms with E-state index in [1.54, 1.807) is 0 Å². The lowest BCUT2D eigenvalue weighted by molar-refractivity contribution is 0.392. The van der Waals surface area contributed by atoms with E-state index in [0.29, 0.717) is 5.41 Å². The van der Waals surface area contributed by atoms with Crippen LogP contribution in [0.4, 0.5) is 0 Å². The van der Waals surface area contributed by atoms with Crippen LogP contribution in [0.3, 0.4) is 0 Å². The van der Waals surface area contributed by atoms with Crippen molar-refractivity contribution in [3.63, 3.8) is 0 Å². The van der Waals surface area contributed by atoms with Gasteiger partial charge >= 0.3 is 0 Å². The number of rotatable bonds is 2. The zero-order valence-electron chi connectivity index (χ0n) is 9.26. The third-order valence-corrected chi connectivity index (χ3v) is 2.03. The summed E-state index contributed by atoms with van der Waals surface area (Å²) in [6.45, 7) is 11.7. The lowest BCUT2D eigenvalue weighted by Crippen LogP contribution is -2.14. The van der Waals surface area contributed by atoms with Gasteiger partial charge in [0.15, 0.2) is 0 Å². The zero-order valence-corrected chi connectivity index (χ0v) is 9.26. The van der Waals surface area contributed by atoms with Gasteiger partial charge in [-0.1, -0.05) is 26.0 Å². The van der Waals surface area contributed by atoms with E-state index in [4.69, 9.17) is 0 Å². The van der Waals surface area contributed by atoms with Crippen LogP contribution in [0.25, 0.3) is 0 Å². The number of aromatic nitrogens is 3. The van der Waals surface area contributed by atoms with E-state index >= 15 is 0 Å². The minimum atomic E-state index is 0.305. The molecule has 3 heteroatoms. The van der Waals surface area contributed by atoms with E-state index in [0.717, 1.165) is 18.7 Å². The maximum absolute atomic E-state index is 4.09. The van der Waals surface area contributed by atoms with Crippen molar-refractivity contribution >= 4 is 0 Å². The largest absolute Gasteiger partial charge is 0.249 e. The lowest BCUT2D eigenvalue weighted by Gasteiger charge is -2.18. The Morgan fingerprint density at radius 1 is 1.31 bits per heavy atom. The Kier molecular flexibility index (Phi) is 2.74. The lowest BCUT2D eigenvalue weighted by atomic mass is 9.90. The maximum atomic E-state index is 4.09. The molecule has 0 N–H and O–H groups in total. The smallest absolute Gasteiger partial charge is 0.0828 e. The summed E-state index contributed by atoms with van der Waals surface area (Å²) < 4.78 is 1.99. The van der Waals surface area contributed by atoms with Gasteiger partial charge in [-0.05, 0) is 25.7 Å². The molecule has 0 aliphatic heterocycles. The second kappa shape index (κ2) is 3.48. The molecule has 0 amide bonds. The summed E-state index contributed by atoms with van der Waals surface area (Å²) in [5.41, 5.74) is 2.64. The number of hydrogen-bond acceptors (Lipinski definition) is 2. The molecule has 0 fully saturated rings. The monoisotopic (exact) mass is 181 g/mol. The first kappa shape index (κ1) is 10.2. The van der Waals surface area contributed by atoms with Crippen LogP contribution in [0.1, 0.15) is 39.1 Å². The molecule has 0 aromatic carbocycles. The molecule has 0 spiro atoms. The van der Waals surface area contributed by atoms with E-state index in [1.165, 1.54) is 5.69 Å². The van der Waals surface area contributed by atoms with Gasteiger partial charge in [-0.25, -0.2) is 4.68 Å². The standard InChI is InChI=1S/C10H19N3/c1-6-13-9(7-10(3,4)5)8(2)11-12-13/h6-7H2,1-5H3. The Morgan fingerprint density at radius 2 is 1.92 bits per heavy atom. The van der Waals surface area contributed by atoms with Crippen molar-refractivity contribution in [1.82, 2.24) is 15.0 Å². The van der Waals surface area contributed by atoms with Gasteiger partial charge in [0.05, 0.1) is 11.4 Å². The molecule has 1 aromatic rings. The molecule has 0 aliphatic rings. The van der Waals surface area contributed by atoms with Gasteiger partial charge in [-0.3, -0.25) is 0 Å². The van der Waals surface area contributed by atoms with Crippen LogP contribution in [-0.4, -0.2) is 15.0 Å². The van der Waals surface area contributed by atoms with Crippen LogP contribution in [0.5, 0.6) is 0 Å². The molecule has 0 radical (unpaired) electrons. The molecule has 74 valence electrons. The van der Waals surface area contributed by atoms with Gasteiger partial charge in [-0.15, -0.1) is 5.10 Å². The fourth-order valence-electron chi connectivity index (χ4n) is 1.40. The first-order chi connectivity index (χ1) is 5.94. The maximum Gasteiger partial charge on any atom is 0.0828 e. The third-order valence-electron chi connectivity index (χ3n) is 2.03. The Labute approximate surface area is 80.1 Å². The van der Waals surface area contributed by atoms with Gasteiger partial charge < -0.3 is 0 Å². The Balaban J connectivity index is 2.92. The number of nitrogens with zero attached hydrogens (tertiary/aromatic N) is 3. The van der Waals surface area contributed by atoms with Crippen LogP contribution in [0.2, 0.25) is 0 Å². The molecule has 0 saturated carbocycles. The highest BCUT2D eigenvalue weighted by Crippen LogP contribution is 2.21. The van der Waals surface area contributed by atoms with Crippen molar-refractivity contribution in [2.24, 2.45) is 5.41 Å². The van der Waals surface area contributed by atoms with E-state index in [1.807, 2.05) is 11.6 Å². The summed E-state index contributed by atoms with van der Waals surface area (Å²) in [5, 5.41) is 8.17. The molecule has 0 atom stereocenters. The second-order valence-corrected chi connectivity index (χ2v) is 4.67. The average Bonchev–Trinajstić information content (AvgIpc) is 2.30. The molecule has 1 aromatic heterocycles. The average molecular weight is 181 g/mol. The molecule has 0 unspecified atom stereocenters. The predicted molar refractivity (Wildman–Crippen MR) is 53.6 cm³/mol. The molecule has 0 bridgehead atoms. The highest BCUT2D eigenvalue weighted by atomic mass is 15.4. The number of aryl methyl sites for hydroxylation is 2.